The first-order valence-electron chi connectivity index (χ1n) is 5.39. The number of hydrogen-bond donors (Lipinski definition) is 3. The summed E-state index contributed by atoms with van der Waals surface area (Å²) in [5.41, 5.74) is 0.932. The SMILES string of the molecule is CNC(C(=O)O)C(=O)NCc1ccc(SC)cc1. The second-order valence-electron chi connectivity index (χ2n) is 3.63. The first-order valence-corrected chi connectivity index (χ1v) is 6.61. The second-order valence-corrected chi connectivity index (χ2v) is 4.51. The van der Waals surface area contributed by atoms with Crippen molar-refractivity contribution < 1.29 is 14.7 Å². The fraction of sp³-hybridized carbons (Fsp3) is 0.333. The van der Waals surface area contributed by atoms with Crippen LogP contribution in [0.4, 0.5) is 0 Å². The minimum Gasteiger partial charge on any atom is -0.480 e. The van der Waals surface area contributed by atoms with Crippen molar-refractivity contribution in [2.45, 2.75) is 17.5 Å². The van der Waals surface area contributed by atoms with Gasteiger partial charge >= 0.3 is 5.97 Å². The van der Waals surface area contributed by atoms with E-state index in [-0.39, 0.29) is 0 Å². The molecule has 1 rings (SSSR count). The fourth-order valence-corrected chi connectivity index (χ4v) is 1.81. The molecule has 98 valence electrons. The summed E-state index contributed by atoms with van der Waals surface area (Å²) in [6.45, 7) is 0.318. The molecule has 0 heterocycles. The molecule has 0 spiro atoms. The minimum absolute atomic E-state index is 0.318. The highest BCUT2D eigenvalue weighted by molar-refractivity contribution is 7.98. The maximum Gasteiger partial charge on any atom is 0.330 e. The highest BCUT2D eigenvalue weighted by Gasteiger charge is 2.23. The zero-order chi connectivity index (χ0) is 13.5. The first kappa shape index (κ1) is 14.5. The van der Waals surface area contributed by atoms with Gasteiger partial charge in [0.25, 0.3) is 0 Å². The molecule has 1 aromatic carbocycles. The highest BCUT2D eigenvalue weighted by Crippen LogP contribution is 2.14. The van der Waals surface area contributed by atoms with Crippen LogP contribution in [-0.2, 0) is 16.1 Å². The normalized spacial score (nSPS) is 11.9. The van der Waals surface area contributed by atoms with Crippen LogP contribution in [-0.4, -0.2) is 36.3 Å². The van der Waals surface area contributed by atoms with E-state index in [2.05, 4.69) is 10.6 Å². The molecule has 1 amide bonds. The van der Waals surface area contributed by atoms with Gasteiger partial charge in [0.05, 0.1) is 0 Å². The molecule has 1 atom stereocenters. The lowest BCUT2D eigenvalue weighted by atomic mass is 10.2. The molecule has 0 saturated heterocycles. The van der Waals surface area contributed by atoms with Crippen LogP contribution in [0.5, 0.6) is 0 Å². The molecular weight excluding hydrogens is 252 g/mol. The van der Waals surface area contributed by atoms with Gasteiger partial charge < -0.3 is 10.4 Å². The maximum absolute atomic E-state index is 11.6. The van der Waals surface area contributed by atoms with E-state index >= 15 is 0 Å². The molecular formula is C12H16N2O3S. The number of carbonyl (C=O) groups excluding carboxylic acids is 1. The lowest BCUT2D eigenvalue weighted by Crippen LogP contribution is -2.47. The summed E-state index contributed by atoms with van der Waals surface area (Å²) in [5, 5.41) is 13.8. The molecule has 0 aliphatic carbocycles. The van der Waals surface area contributed by atoms with E-state index in [4.69, 9.17) is 5.11 Å². The van der Waals surface area contributed by atoms with Gasteiger partial charge in [-0.2, -0.15) is 0 Å². The van der Waals surface area contributed by atoms with Gasteiger partial charge in [0.2, 0.25) is 5.91 Å². The van der Waals surface area contributed by atoms with E-state index in [1.807, 2.05) is 30.5 Å². The average molecular weight is 268 g/mol. The smallest absolute Gasteiger partial charge is 0.330 e. The second kappa shape index (κ2) is 7.03. The maximum atomic E-state index is 11.6. The van der Waals surface area contributed by atoms with E-state index in [1.54, 1.807) is 11.8 Å². The van der Waals surface area contributed by atoms with Gasteiger partial charge in [-0.3, -0.25) is 10.1 Å². The molecule has 1 aromatic rings. The summed E-state index contributed by atoms with van der Waals surface area (Å²) in [6.07, 6.45) is 1.99. The lowest BCUT2D eigenvalue weighted by molar-refractivity contribution is -0.143. The molecule has 0 aliphatic heterocycles. The van der Waals surface area contributed by atoms with Crippen molar-refractivity contribution in [3.8, 4) is 0 Å². The number of carboxylic acid groups (broad SMARTS) is 1. The Bertz CT molecular complexity index is 420. The Morgan fingerprint density at radius 2 is 1.94 bits per heavy atom. The third-order valence-corrected chi connectivity index (χ3v) is 3.17. The number of carboxylic acids is 1. The number of benzene rings is 1. The first-order chi connectivity index (χ1) is 8.58. The van der Waals surface area contributed by atoms with Gasteiger partial charge in [0, 0.05) is 11.4 Å². The molecule has 18 heavy (non-hydrogen) atoms. The highest BCUT2D eigenvalue weighted by atomic mass is 32.2. The number of rotatable bonds is 6. The molecule has 0 aliphatic rings. The minimum atomic E-state index is -1.21. The van der Waals surface area contributed by atoms with Crippen LogP contribution in [0.15, 0.2) is 29.2 Å². The predicted molar refractivity (Wildman–Crippen MR) is 70.6 cm³/mol. The number of aliphatic carboxylic acids is 1. The molecule has 0 bridgehead atoms. The summed E-state index contributed by atoms with van der Waals surface area (Å²) in [6, 6.07) is 6.51. The van der Waals surface area contributed by atoms with E-state index in [0.717, 1.165) is 10.5 Å². The Kier molecular flexibility index (Phi) is 5.67. The van der Waals surface area contributed by atoms with Crippen molar-refractivity contribution in [3.63, 3.8) is 0 Å². The monoisotopic (exact) mass is 268 g/mol. The van der Waals surface area contributed by atoms with Crippen molar-refractivity contribution in [2.75, 3.05) is 13.3 Å². The Hall–Kier alpha value is -1.53. The zero-order valence-corrected chi connectivity index (χ0v) is 11.1. The number of likely N-dealkylation sites (N-methyl/N-ethyl adjacent to an activating group) is 1. The average Bonchev–Trinajstić information content (AvgIpc) is 2.37. The van der Waals surface area contributed by atoms with Crippen LogP contribution in [0.3, 0.4) is 0 Å². The zero-order valence-electron chi connectivity index (χ0n) is 10.3. The largest absolute Gasteiger partial charge is 0.480 e. The summed E-state index contributed by atoms with van der Waals surface area (Å²) < 4.78 is 0. The summed E-state index contributed by atoms with van der Waals surface area (Å²) in [5.74, 6) is -1.73. The van der Waals surface area contributed by atoms with Crippen LogP contribution in [0, 0.1) is 0 Å². The van der Waals surface area contributed by atoms with E-state index in [9.17, 15) is 9.59 Å². The molecule has 3 N–H and O–H groups in total. The van der Waals surface area contributed by atoms with Gasteiger partial charge in [-0.05, 0) is 31.0 Å². The molecule has 5 nitrogen and oxygen atoms in total. The van der Waals surface area contributed by atoms with Crippen molar-refractivity contribution >= 4 is 23.6 Å². The quantitative estimate of drug-likeness (QED) is 0.523. The Balaban J connectivity index is 2.53. The van der Waals surface area contributed by atoms with Crippen molar-refractivity contribution in [3.05, 3.63) is 29.8 Å². The number of amides is 1. The van der Waals surface area contributed by atoms with Gasteiger partial charge in [-0.15, -0.1) is 11.8 Å². The van der Waals surface area contributed by atoms with Gasteiger partial charge in [-0.1, -0.05) is 12.1 Å². The van der Waals surface area contributed by atoms with Crippen molar-refractivity contribution in [1.29, 1.82) is 0 Å². The van der Waals surface area contributed by atoms with Crippen LogP contribution in [0.2, 0.25) is 0 Å². The van der Waals surface area contributed by atoms with Gasteiger partial charge in [0.15, 0.2) is 6.04 Å². The van der Waals surface area contributed by atoms with Crippen LogP contribution in [0.1, 0.15) is 5.56 Å². The predicted octanol–water partition coefficient (Wildman–Crippen LogP) is 0.697. The standard InChI is InChI=1S/C12H16N2O3S/c1-13-10(12(16)17)11(15)14-7-8-3-5-9(18-2)6-4-8/h3-6,10,13H,7H2,1-2H3,(H,14,15)(H,16,17). The van der Waals surface area contributed by atoms with E-state index in [1.165, 1.54) is 7.05 Å². The molecule has 0 radical (unpaired) electrons. The summed E-state index contributed by atoms with van der Waals surface area (Å²) >= 11 is 1.64. The third kappa shape index (κ3) is 4.05. The Morgan fingerprint density at radius 3 is 2.39 bits per heavy atom. The van der Waals surface area contributed by atoms with Crippen LogP contribution in [0.25, 0.3) is 0 Å². The number of carbonyl (C=O) groups is 2. The number of nitrogens with one attached hydrogen (secondary N) is 2. The van der Waals surface area contributed by atoms with Crippen LogP contribution < -0.4 is 10.6 Å². The Labute approximate surface area is 110 Å². The third-order valence-electron chi connectivity index (χ3n) is 2.42. The molecule has 0 aromatic heterocycles. The summed E-state index contributed by atoms with van der Waals surface area (Å²) in [4.78, 5) is 23.4. The van der Waals surface area contributed by atoms with E-state index < -0.39 is 17.9 Å². The van der Waals surface area contributed by atoms with Gasteiger partial charge in [-0.25, -0.2) is 4.79 Å². The van der Waals surface area contributed by atoms with E-state index in [0.29, 0.717) is 6.54 Å². The fourth-order valence-electron chi connectivity index (χ4n) is 1.40. The lowest BCUT2D eigenvalue weighted by Gasteiger charge is -2.11. The number of thioether (sulfide) groups is 1. The Morgan fingerprint density at radius 1 is 1.33 bits per heavy atom. The van der Waals surface area contributed by atoms with Gasteiger partial charge in [0.1, 0.15) is 0 Å². The number of hydrogen-bond acceptors (Lipinski definition) is 4. The van der Waals surface area contributed by atoms with Crippen LogP contribution >= 0.6 is 11.8 Å². The topological polar surface area (TPSA) is 78.4 Å². The molecule has 0 saturated carbocycles. The summed E-state index contributed by atoms with van der Waals surface area (Å²) in [7, 11) is 1.44. The molecule has 0 fully saturated rings. The van der Waals surface area contributed by atoms with Crippen molar-refractivity contribution in [2.24, 2.45) is 0 Å². The van der Waals surface area contributed by atoms with Crippen molar-refractivity contribution in [1.82, 2.24) is 10.6 Å². The molecule has 6 heteroatoms. The molecule has 1 unspecified atom stereocenters.